The van der Waals surface area contributed by atoms with E-state index in [2.05, 4.69) is 0 Å². The molecule has 0 fully saturated rings. The van der Waals surface area contributed by atoms with Crippen molar-refractivity contribution in [1.29, 1.82) is 0 Å². The van der Waals surface area contributed by atoms with Crippen LogP contribution in [0.25, 0.3) is 0 Å². The fourth-order valence-corrected chi connectivity index (χ4v) is 0.960. The Morgan fingerprint density at radius 1 is 1.29 bits per heavy atom. The molecule has 0 saturated carbocycles. The molecule has 0 aliphatic carbocycles. The van der Waals surface area contributed by atoms with Gasteiger partial charge in [-0.3, -0.25) is 4.79 Å². The molecule has 0 saturated heterocycles. The molecule has 0 atom stereocenters. The van der Waals surface area contributed by atoms with Crippen LogP contribution in [0.1, 0.15) is 10.4 Å². The minimum absolute atomic E-state index is 0.0503. The number of carbonyl (C=O) groups is 1. The Labute approximate surface area is 81.8 Å². The number of benzene rings is 1. The number of hydrogen-bond donors (Lipinski definition) is 2. The van der Waals surface area contributed by atoms with Gasteiger partial charge in [0.1, 0.15) is 12.4 Å². The summed E-state index contributed by atoms with van der Waals surface area (Å²) in [7, 11) is 0. The van der Waals surface area contributed by atoms with Crippen molar-refractivity contribution in [3.63, 3.8) is 0 Å². The van der Waals surface area contributed by atoms with E-state index in [-0.39, 0.29) is 31.4 Å². The highest BCUT2D eigenvalue weighted by atomic mass is 16.5. The van der Waals surface area contributed by atoms with Gasteiger partial charge in [0.25, 0.3) is 0 Å². The lowest BCUT2D eigenvalue weighted by atomic mass is 10.1. The third-order valence-corrected chi connectivity index (χ3v) is 1.66. The summed E-state index contributed by atoms with van der Waals surface area (Å²) >= 11 is 0. The minimum atomic E-state index is -0.168. The number of aliphatic hydroxyl groups excluding tert-OH is 1. The van der Waals surface area contributed by atoms with Crippen LogP contribution in [0.4, 0.5) is 0 Å². The smallest absolute Gasteiger partial charge is 0.188 e. The van der Waals surface area contributed by atoms with Crippen LogP contribution in [-0.4, -0.2) is 35.8 Å². The minimum Gasteiger partial charge on any atom is -0.508 e. The molecule has 1 aromatic carbocycles. The third kappa shape index (κ3) is 3.16. The highest BCUT2D eigenvalue weighted by Crippen LogP contribution is 2.09. The molecule has 0 unspecified atom stereocenters. The van der Waals surface area contributed by atoms with Crippen LogP contribution in [0, 0.1) is 0 Å². The molecule has 0 aromatic heterocycles. The van der Waals surface area contributed by atoms with Crippen molar-refractivity contribution in [3.8, 4) is 5.75 Å². The van der Waals surface area contributed by atoms with Crippen LogP contribution in [-0.2, 0) is 4.74 Å². The van der Waals surface area contributed by atoms with E-state index in [1.165, 1.54) is 24.3 Å². The lowest BCUT2D eigenvalue weighted by Gasteiger charge is -2.01. The summed E-state index contributed by atoms with van der Waals surface area (Å²) in [5.41, 5.74) is 0.487. The Hall–Kier alpha value is -1.39. The predicted octanol–water partition coefficient (Wildman–Crippen LogP) is 0.584. The highest BCUT2D eigenvalue weighted by Gasteiger charge is 2.04. The second kappa shape index (κ2) is 5.36. The number of aliphatic hydroxyl groups is 1. The van der Waals surface area contributed by atoms with E-state index in [1.54, 1.807) is 0 Å². The van der Waals surface area contributed by atoms with Crippen molar-refractivity contribution in [2.24, 2.45) is 0 Å². The maximum Gasteiger partial charge on any atom is 0.188 e. The first-order chi connectivity index (χ1) is 6.74. The zero-order valence-corrected chi connectivity index (χ0v) is 7.64. The van der Waals surface area contributed by atoms with Crippen molar-refractivity contribution < 1.29 is 19.7 Å². The molecule has 0 heterocycles. The zero-order valence-electron chi connectivity index (χ0n) is 7.64. The molecule has 76 valence electrons. The fraction of sp³-hybridized carbons (Fsp3) is 0.300. The standard InChI is InChI=1S/C10H12O4/c11-5-6-14-7-10(13)8-1-3-9(12)4-2-8/h1-4,11-12H,5-7H2. The summed E-state index contributed by atoms with van der Waals surface area (Å²) in [5, 5.41) is 17.4. The Bertz CT molecular complexity index is 291. The van der Waals surface area contributed by atoms with Gasteiger partial charge in [-0.05, 0) is 24.3 Å². The first-order valence-electron chi connectivity index (χ1n) is 4.25. The molecule has 0 spiro atoms. The summed E-state index contributed by atoms with van der Waals surface area (Å²) in [5.74, 6) is -0.0451. The number of ether oxygens (including phenoxy) is 1. The fourth-order valence-electron chi connectivity index (χ4n) is 0.960. The summed E-state index contributed by atoms with van der Waals surface area (Å²) in [6.07, 6.45) is 0. The molecular formula is C10H12O4. The number of aromatic hydroxyl groups is 1. The molecule has 1 rings (SSSR count). The van der Waals surface area contributed by atoms with Crippen LogP contribution >= 0.6 is 0 Å². The average molecular weight is 196 g/mol. The van der Waals surface area contributed by atoms with Gasteiger partial charge in [-0.25, -0.2) is 0 Å². The quantitative estimate of drug-likeness (QED) is 0.534. The molecule has 14 heavy (non-hydrogen) atoms. The van der Waals surface area contributed by atoms with Crippen LogP contribution in [0.5, 0.6) is 5.75 Å². The summed E-state index contributed by atoms with van der Waals surface area (Å²) in [4.78, 5) is 11.3. The number of Topliss-reactive ketones (excluding diaryl/α,β-unsaturated/α-hetero) is 1. The number of phenolic OH excluding ortho intramolecular Hbond substituents is 1. The van der Waals surface area contributed by atoms with Gasteiger partial charge in [0.05, 0.1) is 13.2 Å². The van der Waals surface area contributed by atoms with Crippen LogP contribution < -0.4 is 0 Å². The van der Waals surface area contributed by atoms with Gasteiger partial charge in [0, 0.05) is 5.56 Å². The Morgan fingerprint density at radius 2 is 1.93 bits per heavy atom. The molecule has 4 heteroatoms. The van der Waals surface area contributed by atoms with Gasteiger partial charge >= 0.3 is 0 Å². The molecule has 2 N–H and O–H groups in total. The van der Waals surface area contributed by atoms with Gasteiger partial charge in [0.2, 0.25) is 0 Å². The highest BCUT2D eigenvalue weighted by molar-refractivity contribution is 5.97. The Kier molecular flexibility index (Phi) is 4.10. The van der Waals surface area contributed by atoms with Crippen molar-refractivity contribution >= 4 is 5.78 Å². The van der Waals surface area contributed by atoms with Crippen molar-refractivity contribution in [2.75, 3.05) is 19.8 Å². The van der Waals surface area contributed by atoms with Crippen molar-refractivity contribution in [3.05, 3.63) is 29.8 Å². The molecular weight excluding hydrogens is 184 g/mol. The second-order valence-corrected chi connectivity index (χ2v) is 2.75. The van der Waals surface area contributed by atoms with Gasteiger partial charge in [-0.1, -0.05) is 0 Å². The SMILES string of the molecule is O=C(COCCO)c1ccc(O)cc1. The first-order valence-corrected chi connectivity index (χ1v) is 4.25. The van der Waals surface area contributed by atoms with Crippen molar-refractivity contribution in [1.82, 2.24) is 0 Å². The van der Waals surface area contributed by atoms with Crippen LogP contribution in [0.3, 0.4) is 0 Å². The van der Waals surface area contributed by atoms with Crippen LogP contribution in [0.15, 0.2) is 24.3 Å². The van der Waals surface area contributed by atoms with E-state index in [0.717, 1.165) is 0 Å². The predicted molar refractivity (Wildman–Crippen MR) is 50.3 cm³/mol. The lowest BCUT2D eigenvalue weighted by molar-refractivity contribution is 0.0664. The number of ketones is 1. The van der Waals surface area contributed by atoms with E-state index in [0.29, 0.717) is 5.56 Å². The topological polar surface area (TPSA) is 66.8 Å². The molecule has 0 amide bonds. The number of carbonyl (C=O) groups excluding carboxylic acids is 1. The normalized spacial score (nSPS) is 10.1. The molecule has 0 bridgehead atoms. The Balaban J connectivity index is 2.48. The van der Waals surface area contributed by atoms with Gasteiger partial charge in [-0.15, -0.1) is 0 Å². The zero-order chi connectivity index (χ0) is 10.4. The molecule has 0 aliphatic heterocycles. The maximum absolute atomic E-state index is 11.3. The summed E-state index contributed by atoms with van der Waals surface area (Å²) in [6.45, 7) is 0.0119. The van der Waals surface area contributed by atoms with E-state index in [9.17, 15) is 4.79 Å². The first kappa shape index (κ1) is 10.7. The summed E-state index contributed by atoms with van der Waals surface area (Å²) < 4.78 is 4.87. The van der Waals surface area contributed by atoms with Gasteiger partial charge in [0.15, 0.2) is 5.78 Å². The number of rotatable bonds is 5. The molecule has 0 radical (unpaired) electrons. The third-order valence-electron chi connectivity index (χ3n) is 1.66. The molecule has 4 nitrogen and oxygen atoms in total. The monoisotopic (exact) mass is 196 g/mol. The van der Waals surface area contributed by atoms with Crippen LogP contribution in [0.2, 0.25) is 0 Å². The lowest BCUT2D eigenvalue weighted by Crippen LogP contribution is -2.11. The van der Waals surface area contributed by atoms with E-state index < -0.39 is 0 Å². The van der Waals surface area contributed by atoms with Crippen molar-refractivity contribution in [2.45, 2.75) is 0 Å². The van der Waals surface area contributed by atoms with Gasteiger partial charge < -0.3 is 14.9 Å². The Morgan fingerprint density at radius 3 is 2.50 bits per heavy atom. The average Bonchev–Trinajstić information content (AvgIpc) is 2.19. The van der Waals surface area contributed by atoms with E-state index >= 15 is 0 Å². The molecule has 0 aliphatic rings. The number of phenols is 1. The van der Waals surface area contributed by atoms with E-state index in [1.807, 2.05) is 0 Å². The second-order valence-electron chi connectivity index (χ2n) is 2.75. The maximum atomic E-state index is 11.3. The largest absolute Gasteiger partial charge is 0.508 e. The van der Waals surface area contributed by atoms with E-state index in [4.69, 9.17) is 14.9 Å². The summed E-state index contributed by atoms with van der Waals surface area (Å²) in [6, 6.07) is 5.94. The van der Waals surface area contributed by atoms with Gasteiger partial charge in [-0.2, -0.15) is 0 Å². The molecule has 1 aromatic rings. The number of hydrogen-bond acceptors (Lipinski definition) is 4.